The number of carbonyl (C=O) groups excluding carboxylic acids is 2. The number of fused-ring (bicyclic) bond motifs is 1. The van der Waals surface area contributed by atoms with E-state index in [0.29, 0.717) is 30.0 Å². The van der Waals surface area contributed by atoms with E-state index in [9.17, 15) is 19.5 Å². The fourth-order valence-electron chi connectivity index (χ4n) is 3.36. The van der Waals surface area contributed by atoms with Crippen molar-refractivity contribution in [1.29, 1.82) is 0 Å². The summed E-state index contributed by atoms with van der Waals surface area (Å²) in [6.45, 7) is 3.33. The third-order valence-corrected chi connectivity index (χ3v) is 4.83. The van der Waals surface area contributed by atoms with E-state index in [1.54, 1.807) is 32.0 Å². The summed E-state index contributed by atoms with van der Waals surface area (Å²) in [6, 6.07) is 4.97. The smallest absolute Gasteiger partial charge is 0.307 e. The zero-order valence-corrected chi connectivity index (χ0v) is 14.3. The molecule has 1 saturated carbocycles. The molecule has 0 spiro atoms. The van der Waals surface area contributed by atoms with E-state index in [2.05, 4.69) is 10.6 Å². The Bertz CT molecular complexity index is 728. The molecule has 0 unspecified atom stereocenters. The molecule has 7 heteroatoms. The van der Waals surface area contributed by atoms with E-state index >= 15 is 0 Å². The number of hydrogen-bond acceptors (Lipinski definition) is 4. The van der Waals surface area contributed by atoms with Crippen LogP contribution in [0.15, 0.2) is 18.2 Å². The van der Waals surface area contributed by atoms with Gasteiger partial charge in [-0.05, 0) is 38.8 Å². The lowest BCUT2D eigenvalue weighted by molar-refractivity contribution is -0.147. The maximum absolute atomic E-state index is 12.5. The van der Waals surface area contributed by atoms with E-state index in [1.807, 2.05) is 0 Å². The van der Waals surface area contributed by atoms with Gasteiger partial charge in [0, 0.05) is 11.8 Å². The Morgan fingerprint density at radius 1 is 1.24 bits per heavy atom. The Balaban J connectivity index is 1.76. The van der Waals surface area contributed by atoms with Gasteiger partial charge < -0.3 is 20.5 Å². The van der Waals surface area contributed by atoms with Crippen molar-refractivity contribution in [3.63, 3.8) is 0 Å². The Morgan fingerprint density at radius 2 is 1.92 bits per heavy atom. The van der Waals surface area contributed by atoms with E-state index in [4.69, 9.17) is 4.74 Å². The number of hydrogen-bond donors (Lipinski definition) is 3. The van der Waals surface area contributed by atoms with Gasteiger partial charge in [-0.2, -0.15) is 0 Å². The van der Waals surface area contributed by atoms with Crippen LogP contribution in [0.4, 0.5) is 11.4 Å². The summed E-state index contributed by atoms with van der Waals surface area (Å²) in [5.74, 6) is -2.13. The molecular weight excluding hydrogens is 324 g/mol. The van der Waals surface area contributed by atoms with Crippen LogP contribution in [-0.2, 0) is 14.4 Å². The average molecular weight is 346 g/mol. The lowest BCUT2D eigenvalue weighted by Gasteiger charge is -2.32. The molecule has 1 aromatic rings. The molecule has 7 nitrogen and oxygen atoms in total. The van der Waals surface area contributed by atoms with Gasteiger partial charge in [0.25, 0.3) is 5.91 Å². The molecule has 1 aromatic carbocycles. The Morgan fingerprint density at radius 3 is 2.60 bits per heavy atom. The van der Waals surface area contributed by atoms with Crippen LogP contribution in [0.25, 0.3) is 0 Å². The minimum Gasteiger partial charge on any atom is -0.481 e. The van der Waals surface area contributed by atoms with Gasteiger partial charge in [0.1, 0.15) is 5.75 Å². The SMILES string of the molecule is CC1(C)Oc2cc(NC(=O)[C@@H]3CCCC[C@@H]3C(=O)O)ccc2NC1=O. The first kappa shape index (κ1) is 17.3. The predicted octanol–water partition coefficient (Wildman–Crippen LogP) is 2.63. The zero-order chi connectivity index (χ0) is 18.2. The zero-order valence-electron chi connectivity index (χ0n) is 14.3. The number of amides is 2. The van der Waals surface area contributed by atoms with Crippen LogP contribution >= 0.6 is 0 Å². The number of aliphatic carboxylic acids is 1. The molecule has 1 aliphatic heterocycles. The monoisotopic (exact) mass is 346 g/mol. The number of carbonyl (C=O) groups is 3. The molecule has 25 heavy (non-hydrogen) atoms. The van der Waals surface area contributed by atoms with Gasteiger partial charge >= 0.3 is 5.97 Å². The molecule has 1 aliphatic carbocycles. The Kier molecular flexibility index (Phi) is 4.41. The fourth-order valence-corrected chi connectivity index (χ4v) is 3.36. The minimum atomic E-state index is -0.993. The Labute approximate surface area is 145 Å². The lowest BCUT2D eigenvalue weighted by Crippen LogP contribution is -2.45. The van der Waals surface area contributed by atoms with Crippen LogP contribution in [0, 0.1) is 11.8 Å². The molecule has 1 fully saturated rings. The van der Waals surface area contributed by atoms with Crippen LogP contribution in [0.1, 0.15) is 39.5 Å². The second-order valence-electron chi connectivity index (χ2n) is 7.10. The molecule has 1 heterocycles. The molecule has 2 aliphatic rings. The Hall–Kier alpha value is -2.57. The molecule has 3 N–H and O–H groups in total. The number of carboxylic acid groups (broad SMARTS) is 1. The average Bonchev–Trinajstić information content (AvgIpc) is 2.55. The van der Waals surface area contributed by atoms with E-state index in [0.717, 1.165) is 12.8 Å². The first-order valence-electron chi connectivity index (χ1n) is 8.46. The summed E-state index contributed by atoms with van der Waals surface area (Å²) in [7, 11) is 0. The van der Waals surface area contributed by atoms with Gasteiger partial charge in [0.05, 0.1) is 17.5 Å². The number of anilines is 2. The highest BCUT2D eigenvalue weighted by molar-refractivity contribution is 6.01. The number of benzene rings is 1. The summed E-state index contributed by atoms with van der Waals surface area (Å²) in [5.41, 5.74) is 0.0711. The molecule has 2 atom stereocenters. The number of ether oxygens (including phenoxy) is 1. The minimum absolute atomic E-state index is 0.233. The van der Waals surface area contributed by atoms with Crippen molar-refractivity contribution in [3.05, 3.63) is 18.2 Å². The van der Waals surface area contributed by atoms with E-state index in [1.165, 1.54) is 0 Å². The molecule has 0 saturated heterocycles. The summed E-state index contributed by atoms with van der Waals surface area (Å²) in [4.78, 5) is 35.8. The van der Waals surface area contributed by atoms with Crippen LogP contribution in [-0.4, -0.2) is 28.5 Å². The largest absolute Gasteiger partial charge is 0.481 e. The summed E-state index contributed by atoms with van der Waals surface area (Å²) in [6.07, 6.45) is 2.80. The summed E-state index contributed by atoms with van der Waals surface area (Å²) >= 11 is 0. The van der Waals surface area contributed by atoms with Gasteiger partial charge in [-0.1, -0.05) is 12.8 Å². The lowest BCUT2D eigenvalue weighted by atomic mass is 9.78. The summed E-state index contributed by atoms with van der Waals surface area (Å²) < 4.78 is 5.70. The van der Waals surface area contributed by atoms with Crippen LogP contribution in [0.2, 0.25) is 0 Å². The molecule has 134 valence electrons. The number of carboxylic acids is 1. The molecule has 3 rings (SSSR count). The first-order chi connectivity index (χ1) is 11.8. The van der Waals surface area contributed by atoms with Crippen molar-refractivity contribution in [2.75, 3.05) is 10.6 Å². The molecule has 0 bridgehead atoms. The van der Waals surface area contributed by atoms with E-state index in [-0.39, 0.29) is 11.8 Å². The van der Waals surface area contributed by atoms with Gasteiger partial charge in [0.15, 0.2) is 5.60 Å². The highest BCUT2D eigenvalue weighted by Gasteiger charge is 2.37. The fraction of sp³-hybridized carbons (Fsp3) is 0.500. The number of rotatable bonds is 3. The van der Waals surface area contributed by atoms with Crippen molar-refractivity contribution < 1.29 is 24.2 Å². The summed E-state index contributed by atoms with van der Waals surface area (Å²) in [5, 5.41) is 14.9. The van der Waals surface area contributed by atoms with Crippen LogP contribution < -0.4 is 15.4 Å². The van der Waals surface area contributed by atoms with Gasteiger partial charge in [-0.3, -0.25) is 14.4 Å². The van der Waals surface area contributed by atoms with Crippen LogP contribution in [0.3, 0.4) is 0 Å². The van der Waals surface area contributed by atoms with E-state index < -0.39 is 23.4 Å². The highest BCUT2D eigenvalue weighted by Crippen LogP contribution is 2.36. The second kappa shape index (κ2) is 6.38. The van der Waals surface area contributed by atoms with Crippen molar-refractivity contribution in [3.8, 4) is 5.75 Å². The first-order valence-corrected chi connectivity index (χ1v) is 8.46. The predicted molar refractivity (Wildman–Crippen MR) is 91.5 cm³/mol. The van der Waals surface area contributed by atoms with Crippen molar-refractivity contribution in [2.45, 2.75) is 45.1 Å². The van der Waals surface area contributed by atoms with Crippen molar-refractivity contribution >= 4 is 29.2 Å². The second-order valence-corrected chi connectivity index (χ2v) is 7.10. The third kappa shape index (κ3) is 3.45. The molecule has 0 aromatic heterocycles. The van der Waals surface area contributed by atoms with Crippen molar-refractivity contribution in [1.82, 2.24) is 0 Å². The highest BCUT2D eigenvalue weighted by atomic mass is 16.5. The normalized spacial score (nSPS) is 24.5. The maximum Gasteiger partial charge on any atom is 0.307 e. The third-order valence-electron chi connectivity index (χ3n) is 4.83. The van der Waals surface area contributed by atoms with Crippen molar-refractivity contribution in [2.24, 2.45) is 11.8 Å². The van der Waals surface area contributed by atoms with Gasteiger partial charge in [-0.15, -0.1) is 0 Å². The molecule has 0 radical (unpaired) electrons. The van der Waals surface area contributed by atoms with Gasteiger partial charge in [-0.25, -0.2) is 0 Å². The standard InChI is InChI=1S/C18H22N2O5/c1-18(2)17(24)20-13-8-7-10(9-14(13)25-18)19-15(21)11-5-3-4-6-12(11)16(22)23/h7-9,11-12H,3-6H2,1-2H3,(H,19,21)(H,20,24)(H,22,23)/t11-,12+/m1/s1. The molecular formula is C18H22N2O5. The van der Waals surface area contributed by atoms with Gasteiger partial charge in [0.2, 0.25) is 5.91 Å². The quantitative estimate of drug-likeness (QED) is 0.780. The number of nitrogens with one attached hydrogen (secondary N) is 2. The topological polar surface area (TPSA) is 105 Å². The van der Waals surface area contributed by atoms with Crippen LogP contribution in [0.5, 0.6) is 5.75 Å². The molecule has 2 amide bonds. The maximum atomic E-state index is 12.5.